The first-order valence-electron chi connectivity index (χ1n) is 12.1. The standard InChI is InChI=1S/C26H27F3N8O.ClH/c1-15-13-36(9-7-19(15)30)20-10-23(32-12-17(20)16-11-33-37(14-16)26(28)29)34-22-6-8-31-25(35-22)24-18(27)4-3-5-21(24)38-2;/h3-6,8,10-12,14-15,19,26H,7,9,13,30H2,1-2H3,(H,31,32,34,35);1H/t15-,19+;/m1./s1. The number of benzene rings is 1. The highest BCUT2D eigenvalue weighted by Gasteiger charge is 2.26. The number of methoxy groups -OCH3 is 1. The maximum Gasteiger partial charge on any atom is 0.333 e. The molecule has 2 atom stereocenters. The Morgan fingerprint density at radius 1 is 1.15 bits per heavy atom. The third-order valence-corrected chi connectivity index (χ3v) is 6.64. The van der Waals surface area contributed by atoms with E-state index < -0.39 is 12.4 Å². The van der Waals surface area contributed by atoms with Crippen molar-refractivity contribution in [1.29, 1.82) is 0 Å². The van der Waals surface area contributed by atoms with E-state index in [0.717, 1.165) is 12.1 Å². The van der Waals surface area contributed by atoms with Gasteiger partial charge in [0.1, 0.15) is 23.2 Å². The van der Waals surface area contributed by atoms with Crippen LogP contribution >= 0.6 is 12.4 Å². The van der Waals surface area contributed by atoms with Gasteiger partial charge in [-0.1, -0.05) is 13.0 Å². The van der Waals surface area contributed by atoms with Crippen LogP contribution in [-0.2, 0) is 0 Å². The summed E-state index contributed by atoms with van der Waals surface area (Å²) in [5.74, 6) is 1.07. The fourth-order valence-corrected chi connectivity index (χ4v) is 4.53. The normalized spacial score (nSPS) is 17.2. The summed E-state index contributed by atoms with van der Waals surface area (Å²) in [5.41, 5.74) is 8.38. The highest BCUT2D eigenvalue weighted by Crippen LogP contribution is 2.36. The van der Waals surface area contributed by atoms with Gasteiger partial charge in [-0.25, -0.2) is 24.0 Å². The van der Waals surface area contributed by atoms with Crippen LogP contribution < -0.4 is 20.7 Å². The minimum Gasteiger partial charge on any atom is -0.496 e. The molecule has 0 aliphatic carbocycles. The third-order valence-electron chi connectivity index (χ3n) is 6.64. The summed E-state index contributed by atoms with van der Waals surface area (Å²) < 4.78 is 46.9. The van der Waals surface area contributed by atoms with Crippen LogP contribution in [0.25, 0.3) is 22.5 Å². The first-order valence-corrected chi connectivity index (χ1v) is 12.1. The van der Waals surface area contributed by atoms with Gasteiger partial charge in [0.05, 0.1) is 18.9 Å². The average molecular weight is 561 g/mol. The Bertz CT molecular complexity index is 1440. The molecule has 0 bridgehead atoms. The molecule has 3 aromatic heterocycles. The van der Waals surface area contributed by atoms with Gasteiger partial charge in [0.15, 0.2) is 5.82 Å². The van der Waals surface area contributed by atoms with Gasteiger partial charge >= 0.3 is 6.55 Å². The predicted octanol–water partition coefficient (Wildman–Crippen LogP) is 5.28. The van der Waals surface area contributed by atoms with E-state index in [1.54, 1.807) is 24.4 Å². The smallest absolute Gasteiger partial charge is 0.333 e. The van der Waals surface area contributed by atoms with E-state index in [1.165, 1.54) is 31.8 Å². The Morgan fingerprint density at radius 2 is 1.97 bits per heavy atom. The van der Waals surface area contributed by atoms with Gasteiger partial charge in [-0.3, -0.25) is 0 Å². The topological polar surface area (TPSA) is 107 Å². The van der Waals surface area contributed by atoms with Crippen molar-refractivity contribution < 1.29 is 17.9 Å². The molecule has 3 N–H and O–H groups in total. The number of rotatable bonds is 7. The zero-order valence-electron chi connectivity index (χ0n) is 21.3. The van der Waals surface area contributed by atoms with E-state index in [4.69, 9.17) is 10.5 Å². The average Bonchev–Trinajstić information content (AvgIpc) is 3.41. The lowest BCUT2D eigenvalue weighted by molar-refractivity contribution is 0.0566. The van der Waals surface area contributed by atoms with Gasteiger partial charge in [0.2, 0.25) is 0 Å². The number of hydrogen-bond acceptors (Lipinski definition) is 8. The van der Waals surface area contributed by atoms with Crippen molar-refractivity contribution in [3.63, 3.8) is 0 Å². The number of alkyl halides is 2. The maximum absolute atomic E-state index is 14.6. The SMILES string of the molecule is COc1cccc(F)c1-c1nccc(Nc2cc(N3CC[C@H](N)[C@H](C)C3)c(-c3cnn(C(F)F)c3)cn2)n1.Cl. The van der Waals surface area contributed by atoms with E-state index in [0.29, 0.717) is 46.3 Å². The van der Waals surface area contributed by atoms with Gasteiger partial charge in [-0.05, 0) is 30.5 Å². The van der Waals surface area contributed by atoms with Crippen LogP contribution in [0.3, 0.4) is 0 Å². The fraction of sp³-hybridized carbons (Fsp3) is 0.308. The summed E-state index contributed by atoms with van der Waals surface area (Å²) in [7, 11) is 1.45. The van der Waals surface area contributed by atoms with Crippen LogP contribution in [0.5, 0.6) is 5.75 Å². The number of halogens is 4. The molecule has 4 aromatic rings. The largest absolute Gasteiger partial charge is 0.496 e. The minimum atomic E-state index is -2.74. The van der Waals surface area contributed by atoms with Crippen molar-refractivity contribution in [2.75, 3.05) is 30.4 Å². The van der Waals surface area contributed by atoms with Crippen molar-refractivity contribution in [3.05, 3.63) is 60.9 Å². The molecule has 0 unspecified atom stereocenters. The van der Waals surface area contributed by atoms with E-state index in [1.807, 2.05) is 6.07 Å². The van der Waals surface area contributed by atoms with Crippen LogP contribution in [-0.4, -0.2) is 51.0 Å². The van der Waals surface area contributed by atoms with Crippen molar-refractivity contribution in [2.24, 2.45) is 11.7 Å². The number of ether oxygens (including phenoxy) is 1. The van der Waals surface area contributed by atoms with E-state index in [9.17, 15) is 13.2 Å². The first-order chi connectivity index (χ1) is 18.3. The molecule has 4 heterocycles. The first kappa shape index (κ1) is 28.1. The molecule has 0 saturated carbocycles. The molecule has 1 fully saturated rings. The van der Waals surface area contributed by atoms with Gasteiger partial charge < -0.3 is 20.7 Å². The molecule has 1 aliphatic rings. The predicted molar refractivity (Wildman–Crippen MR) is 145 cm³/mol. The summed E-state index contributed by atoms with van der Waals surface area (Å²) in [4.78, 5) is 15.4. The van der Waals surface area contributed by atoms with Crippen molar-refractivity contribution in [2.45, 2.75) is 25.9 Å². The Balaban J connectivity index is 0.00000353. The second-order valence-corrected chi connectivity index (χ2v) is 9.16. The number of hydrogen-bond donors (Lipinski definition) is 2. The van der Waals surface area contributed by atoms with E-state index in [-0.39, 0.29) is 35.8 Å². The fourth-order valence-electron chi connectivity index (χ4n) is 4.53. The number of nitrogens with one attached hydrogen (secondary N) is 1. The third kappa shape index (κ3) is 5.91. The van der Waals surface area contributed by atoms with Gasteiger partial charge in [-0.15, -0.1) is 12.4 Å². The molecule has 1 aromatic carbocycles. The highest BCUT2D eigenvalue weighted by molar-refractivity contribution is 5.85. The summed E-state index contributed by atoms with van der Waals surface area (Å²) in [5, 5.41) is 6.94. The number of pyridine rings is 1. The molecule has 0 radical (unpaired) electrons. The molecule has 1 aliphatic heterocycles. The van der Waals surface area contributed by atoms with Gasteiger partial charge in [0, 0.05) is 60.6 Å². The quantitative estimate of drug-likeness (QED) is 0.314. The summed E-state index contributed by atoms with van der Waals surface area (Å²) in [6, 6.07) is 8.06. The molecule has 39 heavy (non-hydrogen) atoms. The van der Waals surface area contributed by atoms with E-state index in [2.05, 4.69) is 37.2 Å². The summed E-state index contributed by atoms with van der Waals surface area (Å²) >= 11 is 0. The van der Waals surface area contributed by atoms with Crippen LogP contribution in [0.4, 0.5) is 30.5 Å². The maximum atomic E-state index is 14.6. The number of nitrogens with two attached hydrogens (primary N) is 1. The molecule has 0 spiro atoms. The molecule has 206 valence electrons. The zero-order valence-corrected chi connectivity index (χ0v) is 22.1. The number of anilines is 3. The second-order valence-electron chi connectivity index (χ2n) is 9.16. The van der Waals surface area contributed by atoms with Gasteiger partial charge in [-0.2, -0.15) is 13.9 Å². The van der Waals surface area contributed by atoms with Crippen molar-refractivity contribution >= 4 is 29.7 Å². The molecular weight excluding hydrogens is 533 g/mol. The van der Waals surface area contributed by atoms with Crippen molar-refractivity contribution in [1.82, 2.24) is 24.7 Å². The van der Waals surface area contributed by atoms with E-state index >= 15 is 0 Å². The molecule has 1 saturated heterocycles. The number of nitrogens with zero attached hydrogens (tertiary/aromatic N) is 6. The van der Waals surface area contributed by atoms with Crippen LogP contribution in [0.2, 0.25) is 0 Å². The molecule has 5 rings (SSSR count). The Labute approximate surface area is 229 Å². The van der Waals surface area contributed by atoms with Crippen molar-refractivity contribution in [3.8, 4) is 28.3 Å². The van der Waals surface area contributed by atoms with Crippen LogP contribution in [0.1, 0.15) is 19.9 Å². The Kier molecular flexibility index (Phi) is 8.56. The molecule has 0 amide bonds. The minimum absolute atomic E-state index is 0. The molecular formula is C26H28ClF3N8O. The Hall–Kier alpha value is -3.90. The lowest BCUT2D eigenvalue weighted by atomic mass is 9.93. The van der Waals surface area contributed by atoms with Crippen LogP contribution in [0, 0.1) is 11.7 Å². The zero-order chi connectivity index (χ0) is 26.8. The lowest BCUT2D eigenvalue weighted by Gasteiger charge is -2.37. The lowest BCUT2D eigenvalue weighted by Crippen LogP contribution is -2.46. The van der Waals surface area contributed by atoms with Gasteiger partial charge in [0.25, 0.3) is 0 Å². The number of piperidine rings is 1. The molecule has 13 heteroatoms. The highest BCUT2D eigenvalue weighted by atomic mass is 35.5. The summed E-state index contributed by atoms with van der Waals surface area (Å²) in [6.07, 6.45) is 6.62. The van der Waals surface area contributed by atoms with Crippen LogP contribution in [0.15, 0.2) is 55.1 Å². The molecule has 9 nitrogen and oxygen atoms in total. The second kappa shape index (κ2) is 11.9. The number of aromatic nitrogens is 5. The summed E-state index contributed by atoms with van der Waals surface area (Å²) in [6.45, 7) is 0.751. The Morgan fingerprint density at radius 3 is 2.69 bits per heavy atom. The monoisotopic (exact) mass is 560 g/mol.